The first-order valence-electron chi connectivity index (χ1n) is 49.0. The van der Waals surface area contributed by atoms with Crippen LogP contribution in [0.4, 0.5) is 37.0 Å². The Labute approximate surface area is 796 Å². The number of rotatable bonds is 80. The third-order valence-corrected chi connectivity index (χ3v) is 22.2. The maximum absolute atomic E-state index is 14.7. The molecule has 0 saturated carbocycles. The highest BCUT2D eigenvalue weighted by atomic mass is 16.6. The Balaban J connectivity index is 3.03. The molecular weight excluding hydrogens is 1720 g/mol. The second-order valence-electron chi connectivity index (χ2n) is 33.8. The predicted molar refractivity (Wildman–Crippen MR) is 533 cm³/mol. The van der Waals surface area contributed by atoms with Gasteiger partial charge in [-0.05, 0) is 116 Å². The second-order valence-corrected chi connectivity index (χ2v) is 33.8. The molecule has 1 saturated heterocycles. The summed E-state index contributed by atoms with van der Waals surface area (Å²) in [5, 5.41) is 88.5. The fourth-order valence-corrected chi connectivity index (χ4v) is 14.6. The lowest BCUT2D eigenvalue weighted by Gasteiger charge is -2.35. The van der Waals surface area contributed by atoms with Crippen LogP contribution in [0.5, 0.6) is 0 Å². The number of nitrogens with one attached hydrogen (secondary N) is 16. The molecule has 0 aromatic carbocycles. The Hall–Kier alpha value is -11.4. The summed E-state index contributed by atoms with van der Waals surface area (Å²) < 4.78 is 25.1. The Morgan fingerprint density at radius 1 is 0.343 bits per heavy atom. The van der Waals surface area contributed by atoms with Gasteiger partial charge in [-0.3, -0.25) is 52.4 Å². The van der Waals surface area contributed by atoms with Gasteiger partial charge in [0.15, 0.2) is 47.7 Å². The van der Waals surface area contributed by atoms with Gasteiger partial charge in [-0.2, -0.15) is 15.0 Å². The van der Waals surface area contributed by atoms with Crippen LogP contribution in [0.1, 0.15) is 244 Å². The van der Waals surface area contributed by atoms with E-state index < -0.39 is 30.4 Å². The summed E-state index contributed by atoms with van der Waals surface area (Å²) in [6.07, 6.45) is 25.8. The van der Waals surface area contributed by atoms with E-state index in [4.69, 9.17) is 118 Å². The SMILES string of the molecule is B[C@H](O)CNC(=O)CCCCCCC(=O)N1CCN(c2nc(N(CCOC(=O)N(CCCCCCNC(=N)N)CCCCCCNC(=N)N)CCOC(=O)N(CCCCCCNC(=N)N)CCCCCCNC(=N)N)nc(N(CCOC(=O)N(CCCCCCNC(=N)N)CCCCCCNC(=N)N)CCOC(=O)N(CCCCCCNC(=N)N)CCCCCCN/C(N)=N\C)n2)CC1. The van der Waals surface area contributed by atoms with Gasteiger partial charge in [0.05, 0.1) is 26.2 Å². The summed E-state index contributed by atoms with van der Waals surface area (Å²) in [6, 6.07) is -0.652. The highest BCUT2D eigenvalue weighted by Crippen LogP contribution is 2.24. The molecule has 1 aliphatic heterocycles. The number of carbonyl (C=O) groups excluding carboxylic acids is 6. The highest BCUT2D eigenvalue weighted by molar-refractivity contribution is 6.11. The number of nitrogens with two attached hydrogens (primary N) is 8. The number of aliphatic hydroxyl groups is 1. The molecule has 2 heterocycles. The number of hydrogen-bond donors (Lipinski definition) is 25. The van der Waals surface area contributed by atoms with Crippen molar-refractivity contribution in [2.75, 3.05) is 212 Å². The number of piperazine rings is 1. The van der Waals surface area contributed by atoms with Crippen molar-refractivity contribution < 1.29 is 52.8 Å². The number of amides is 6. The van der Waals surface area contributed by atoms with Crippen molar-refractivity contribution in [3.05, 3.63) is 0 Å². The molecule has 766 valence electrons. The zero-order valence-electron chi connectivity index (χ0n) is 81.0. The minimum absolute atomic E-state index is 0.0285. The minimum Gasteiger partial charge on any atom is -0.448 e. The molecule has 33 N–H and O–H groups in total. The number of unbranched alkanes of at least 4 members (excludes halogenated alkanes) is 27. The number of carbonyl (C=O) groups is 6. The maximum atomic E-state index is 14.7. The highest BCUT2D eigenvalue weighted by Gasteiger charge is 2.29. The number of hydrogen-bond acceptors (Lipinski definition) is 25. The molecule has 6 amide bonds. The minimum atomic E-state index is -0.652. The third kappa shape index (κ3) is 65.3. The lowest BCUT2D eigenvalue weighted by Crippen LogP contribution is -2.49. The number of nitrogens with zero attached hydrogens (tertiary/aromatic N) is 12. The average molecular weight is 1900 g/mol. The molecule has 1 aromatic rings. The second kappa shape index (κ2) is 78.0. The summed E-state index contributed by atoms with van der Waals surface area (Å²) >= 11 is 0. The van der Waals surface area contributed by atoms with E-state index in [-0.39, 0.29) is 144 Å². The standard InChI is InChI=1S/C86H173BN36O11/c1-103-79(102)111-47-29-11-19-37-55-123(54-36-18-10-28-46-110-78(100)101)86(130)134-67-63-119(62-66-133-85(129)122(52-34-16-8-26-44-108-76(96)97)53-35-17-9-27-45-109-77(98)99)82-114-80(117-58-56-116(57-59-117)71(126)39-21-3-2-20-38-70(125)112-68-69(87)124)113-81(115-82)118(60-64-131-83(127)120(48-30-12-4-22-40-104-72(88)89)49-31-13-5-23-41-105-73(90)91)61-65-132-84(128)121(50-32-14-6-24-42-106-74(92)93)51-33-15-7-25-43-107-75(94)95/h69,124H,2-68,87H2,1H3,(H,112,125)(H4,88,89,104)(H4,90,91,105)(H4,92,93,106)(H4,94,95,107)(H4,96,97,108)(H4,98,99,109)(H4,100,101,110)(H3,102,103,111)/t69-/m1/s1. The lowest BCUT2D eigenvalue weighted by molar-refractivity contribution is -0.131. The van der Waals surface area contributed by atoms with E-state index in [9.17, 15) is 33.9 Å². The summed E-state index contributed by atoms with van der Waals surface area (Å²) in [4.78, 5) is 119. The number of aliphatic imine (C=N–C) groups is 1. The molecule has 134 heavy (non-hydrogen) atoms. The average Bonchev–Trinajstić information content (AvgIpc) is 0.803. The fourth-order valence-electron chi connectivity index (χ4n) is 14.6. The summed E-state index contributed by atoms with van der Waals surface area (Å²) in [5.74, 6) is -0.152. The van der Waals surface area contributed by atoms with Gasteiger partial charge in [-0.1, -0.05) is 116 Å². The van der Waals surface area contributed by atoms with E-state index in [1.54, 1.807) is 44.3 Å². The molecule has 1 aromatic heterocycles. The molecular formula is C86H173BN36O11. The van der Waals surface area contributed by atoms with Gasteiger partial charge < -0.3 is 157 Å². The van der Waals surface area contributed by atoms with E-state index in [2.05, 4.69) is 52.8 Å². The van der Waals surface area contributed by atoms with Crippen LogP contribution in [0, 0.1) is 37.9 Å². The van der Waals surface area contributed by atoms with Crippen molar-refractivity contribution in [1.29, 1.82) is 37.9 Å². The quantitative estimate of drug-likeness (QED) is 0.0147. The molecule has 47 nitrogen and oxygen atoms in total. The Bertz CT molecular complexity index is 3180. The first-order chi connectivity index (χ1) is 64.6. The first-order valence-corrected chi connectivity index (χ1v) is 49.0. The first kappa shape index (κ1) is 119. The van der Waals surface area contributed by atoms with Crippen LogP contribution >= 0.6 is 0 Å². The Morgan fingerprint density at radius 3 is 0.828 bits per heavy atom. The summed E-state index contributed by atoms with van der Waals surface area (Å²) in [5.41, 5.74) is 44.8. The fraction of sp³-hybridized carbons (Fsp3) is 0.802. The van der Waals surface area contributed by atoms with Crippen LogP contribution in [0.15, 0.2) is 4.99 Å². The van der Waals surface area contributed by atoms with Crippen LogP contribution in [0.2, 0.25) is 0 Å². The van der Waals surface area contributed by atoms with Gasteiger partial charge in [0.2, 0.25) is 29.7 Å². The summed E-state index contributed by atoms with van der Waals surface area (Å²) in [6.45, 7) is 8.09. The Morgan fingerprint density at radius 2 is 0.582 bits per heavy atom. The van der Waals surface area contributed by atoms with Gasteiger partial charge in [-0.25, -0.2) is 19.2 Å². The van der Waals surface area contributed by atoms with Gasteiger partial charge in [-0.15, -0.1) is 0 Å². The molecule has 0 bridgehead atoms. The molecule has 0 radical (unpaired) electrons. The number of aliphatic hydroxyl groups excluding tert-OH is 1. The van der Waals surface area contributed by atoms with Crippen LogP contribution < -0.4 is 108 Å². The van der Waals surface area contributed by atoms with E-state index >= 15 is 0 Å². The van der Waals surface area contributed by atoms with Crippen LogP contribution in [0.25, 0.3) is 0 Å². The number of guanidine groups is 8. The van der Waals surface area contributed by atoms with Crippen LogP contribution in [-0.4, -0.2) is 339 Å². The van der Waals surface area contributed by atoms with Gasteiger partial charge in [0, 0.05) is 163 Å². The zero-order valence-corrected chi connectivity index (χ0v) is 81.0. The van der Waals surface area contributed by atoms with Crippen molar-refractivity contribution in [3.63, 3.8) is 0 Å². The molecule has 0 spiro atoms. The maximum Gasteiger partial charge on any atom is 0.409 e. The van der Waals surface area contributed by atoms with Crippen molar-refractivity contribution in [2.45, 2.75) is 250 Å². The van der Waals surface area contributed by atoms with Crippen LogP contribution in [-0.2, 0) is 28.5 Å². The lowest BCUT2D eigenvalue weighted by atomic mass is 10.0. The number of aromatic nitrogens is 3. The van der Waals surface area contributed by atoms with Gasteiger partial charge >= 0.3 is 24.4 Å². The molecule has 0 aliphatic carbocycles. The van der Waals surface area contributed by atoms with Crippen LogP contribution in [0.3, 0.4) is 0 Å². The molecule has 1 aliphatic rings. The molecule has 1 atom stereocenters. The smallest absolute Gasteiger partial charge is 0.409 e. The van der Waals surface area contributed by atoms with E-state index in [0.29, 0.717) is 201 Å². The number of ether oxygens (including phenoxy) is 4. The Kier molecular flexibility index (Phi) is 69.1. The molecule has 1 fully saturated rings. The summed E-state index contributed by atoms with van der Waals surface area (Å²) in [7, 11) is 3.23. The van der Waals surface area contributed by atoms with Crippen molar-refractivity contribution >= 4 is 110 Å². The van der Waals surface area contributed by atoms with Gasteiger partial charge in [0.25, 0.3) is 0 Å². The largest absolute Gasteiger partial charge is 0.448 e. The van der Waals surface area contributed by atoms with Crippen molar-refractivity contribution in [2.24, 2.45) is 50.9 Å². The third-order valence-electron chi connectivity index (χ3n) is 22.2. The number of anilines is 3. The van der Waals surface area contributed by atoms with Gasteiger partial charge in [0.1, 0.15) is 34.3 Å². The van der Waals surface area contributed by atoms with E-state index in [1.165, 1.54) is 0 Å². The monoisotopic (exact) mass is 1900 g/mol. The normalized spacial score (nSPS) is 12.0. The predicted octanol–water partition coefficient (Wildman–Crippen LogP) is 2.69. The zero-order chi connectivity index (χ0) is 98.4. The van der Waals surface area contributed by atoms with E-state index in [0.717, 1.165) is 167 Å². The van der Waals surface area contributed by atoms with Crippen molar-refractivity contribution in [3.8, 4) is 0 Å². The topological polar surface area (TPSA) is 720 Å². The molecule has 0 unspecified atom stereocenters. The van der Waals surface area contributed by atoms with Crippen molar-refractivity contribution in [1.82, 2.24) is 87.3 Å². The molecule has 48 heteroatoms. The molecule has 2 rings (SSSR count). The van der Waals surface area contributed by atoms with E-state index in [1.807, 2.05) is 9.80 Å².